The van der Waals surface area contributed by atoms with Crippen LogP contribution in [-0.2, 0) is 9.59 Å². The van der Waals surface area contributed by atoms with E-state index in [9.17, 15) is 9.59 Å². The van der Waals surface area contributed by atoms with Gasteiger partial charge in [0.05, 0.1) is 12.6 Å². The van der Waals surface area contributed by atoms with Crippen molar-refractivity contribution in [1.29, 1.82) is 0 Å². The average molecular weight is 516 g/mol. The molecule has 1 fully saturated rings. The lowest BCUT2D eigenvalue weighted by Gasteiger charge is -2.36. The van der Waals surface area contributed by atoms with E-state index in [1.54, 1.807) is 6.07 Å². The summed E-state index contributed by atoms with van der Waals surface area (Å²) in [5, 5.41) is 9.67. The van der Waals surface area contributed by atoms with Crippen LogP contribution in [0.1, 0.15) is 30.8 Å². The zero-order valence-corrected chi connectivity index (χ0v) is 21.7. The highest BCUT2D eigenvalue weighted by Crippen LogP contribution is 2.35. The minimum atomic E-state index is -0.132. The van der Waals surface area contributed by atoms with Gasteiger partial charge in [-0.15, -0.1) is 0 Å². The predicted octanol–water partition coefficient (Wildman–Crippen LogP) is 3.33. The zero-order chi connectivity index (χ0) is 26.5. The number of benzene rings is 2. The molecular weight excluding hydrogens is 482 g/mol. The molecule has 0 aliphatic carbocycles. The van der Waals surface area contributed by atoms with Crippen LogP contribution in [0.2, 0.25) is 0 Å². The Bertz CT molecular complexity index is 1310. The van der Waals surface area contributed by atoms with Gasteiger partial charge < -0.3 is 30.5 Å². The lowest BCUT2D eigenvalue weighted by atomic mass is 10.00. The maximum atomic E-state index is 13.0. The van der Waals surface area contributed by atoms with E-state index in [4.69, 9.17) is 9.72 Å². The molecule has 3 aromatic rings. The lowest BCUT2D eigenvalue weighted by molar-refractivity contribution is -0.130. The van der Waals surface area contributed by atoms with Gasteiger partial charge in [-0.1, -0.05) is 12.1 Å². The summed E-state index contributed by atoms with van der Waals surface area (Å²) >= 11 is 0. The summed E-state index contributed by atoms with van der Waals surface area (Å²) in [6.45, 7) is 7.52. The van der Waals surface area contributed by atoms with Crippen molar-refractivity contribution in [3.63, 3.8) is 0 Å². The number of hydrogen-bond donors (Lipinski definition) is 3. The Kier molecular flexibility index (Phi) is 7.69. The first kappa shape index (κ1) is 25.5. The molecule has 0 saturated carbocycles. The van der Waals surface area contributed by atoms with Gasteiger partial charge >= 0.3 is 0 Å². The van der Waals surface area contributed by atoms with Gasteiger partial charge in [0.2, 0.25) is 11.8 Å². The molecule has 3 N–H and O–H groups in total. The number of fused-ring (bicyclic) bond motifs is 1. The molecule has 10 heteroatoms. The summed E-state index contributed by atoms with van der Waals surface area (Å²) in [4.78, 5) is 37.5. The van der Waals surface area contributed by atoms with E-state index >= 15 is 0 Å². The van der Waals surface area contributed by atoms with E-state index in [0.717, 1.165) is 49.7 Å². The summed E-state index contributed by atoms with van der Waals surface area (Å²) in [6.07, 6.45) is 2.67. The standard InChI is InChI=1S/C28H33N7O3/c1-19-30-17-25-26(9-12-35(28(25)31-19)18-27(37)34-13-10-29-11-14-34)33-22-6-4-8-24(16-22)38-23-7-3-5-21(15-23)32-20(2)36/h3-8,15-17,26,29,33H,9-14,18H2,1-2H3,(H,32,36). The Morgan fingerprint density at radius 1 is 1.05 bits per heavy atom. The highest BCUT2D eigenvalue weighted by Gasteiger charge is 2.29. The Balaban J connectivity index is 1.29. The SMILES string of the molecule is CC(=O)Nc1cccc(Oc2cccc(NC3CCN(CC(=O)N4CCNCC4)c4nc(C)ncc43)c2)c1. The summed E-state index contributed by atoms with van der Waals surface area (Å²) in [7, 11) is 0. The number of piperazine rings is 1. The van der Waals surface area contributed by atoms with Gasteiger partial charge in [0, 0.05) is 74.9 Å². The highest BCUT2D eigenvalue weighted by molar-refractivity contribution is 5.88. The monoisotopic (exact) mass is 515 g/mol. The van der Waals surface area contributed by atoms with Crippen LogP contribution in [-0.4, -0.2) is 66.0 Å². The van der Waals surface area contributed by atoms with Crippen LogP contribution in [0.25, 0.3) is 0 Å². The van der Waals surface area contributed by atoms with Gasteiger partial charge in [-0.3, -0.25) is 9.59 Å². The average Bonchev–Trinajstić information content (AvgIpc) is 2.90. The Hall–Kier alpha value is -4.18. The predicted molar refractivity (Wildman–Crippen MR) is 147 cm³/mol. The van der Waals surface area contributed by atoms with E-state index in [0.29, 0.717) is 36.1 Å². The van der Waals surface area contributed by atoms with Crippen molar-refractivity contribution >= 4 is 29.0 Å². The third-order valence-corrected chi connectivity index (χ3v) is 6.64. The second-order valence-corrected chi connectivity index (χ2v) is 9.57. The number of carbonyl (C=O) groups is 2. The van der Waals surface area contributed by atoms with Crippen LogP contribution >= 0.6 is 0 Å². The molecule has 2 aliphatic rings. The second-order valence-electron chi connectivity index (χ2n) is 9.57. The van der Waals surface area contributed by atoms with E-state index < -0.39 is 0 Å². The van der Waals surface area contributed by atoms with Crippen molar-refractivity contribution in [3.05, 3.63) is 66.1 Å². The number of amides is 2. The molecule has 0 spiro atoms. The van der Waals surface area contributed by atoms with Crippen molar-refractivity contribution in [2.75, 3.05) is 54.8 Å². The smallest absolute Gasteiger partial charge is 0.242 e. The van der Waals surface area contributed by atoms with Crippen molar-refractivity contribution in [2.24, 2.45) is 0 Å². The molecule has 3 heterocycles. The summed E-state index contributed by atoms with van der Waals surface area (Å²) in [5.74, 6) is 2.80. The number of nitrogens with one attached hydrogen (secondary N) is 3. The van der Waals surface area contributed by atoms with Gasteiger partial charge in [0.15, 0.2) is 0 Å². The van der Waals surface area contributed by atoms with Crippen molar-refractivity contribution < 1.29 is 14.3 Å². The van der Waals surface area contributed by atoms with Crippen molar-refractivity contribution in [2.45, 2.75) is 26.3 Å². The Morgan fingerprint density at radius 2 is 1.76 bits per heavy atom. The van der Waals surface area contributed by atoms with Gasteiger partial charge in [0.25, 0.3) is 0 Å². The third kappa shape index (κ3) is 6.20. The van der Waals surface area contributed by atoms with Crippen LogP contribution in [0.5, 0.6) is 11.5 Å². The maximum absolute atomic E-state index is 13.0. The van der Waals surface area contributed by atoms with E-state index in [1.807, 2.05) is 60.5 Å². The quantitative estimate of drug-likeness (QED) is 0.439. The molecule has 1 aromatic heterocycles. The van der Waals surface area contributed by atoms with Crippen LogP contribution in [0.4, 0.5) is 17.2 Å². The molecular formula is C28H33N7O3. The number of hydrogen-bond acceptors (Lipinski definition) is 8. The first-order valence-electron chi connectivity index (χ1n) is 12.9. The minimum Gasteiger partial charge on any atom is -0.457 e. The normalized spacial score (nSPS) is 16.9. The molecule has 198 valence electrons. The number of anilines is 3. The molecule has 2 aromatic carbocycles. The molecule has 0 radical (unpaired) electrons. The molecule has 1 atom stereocenters. The van der Waals surface area contributed by atoms with Crippen molar-refractivity contribution in [1.82, 2.24) is 20.2 Å². The van der Waals surface area contributed by atoms with Gasteiger partial charge in [-0.25, -0.2) is 9.97 Å². The molecule has 1 unspecified atom stereocenters. The van der Waals surface area contributed by atoms with Crippen LogP contribution in [0, 0.1) is 6.92 Å². The zero-order valence-electron chi connectivity index (χ0n) is 21.7. The molecule has 0 bridgehead atoms. The van der Waals surface area contributed by atoms with Crippen LogP contribution < -0.4 is 25.6 Å². The number of ether oxygens (including phenoxy) is 1. The Labute approximate surface area is 222 Å². The molecule has 5 rings (SSSR count). The second kappa shape index (κ2) is 11.5. The first-order valence-corrected chi connectivity index (χ1v) is 12.9. The molecule has 38 heavy (non-hydrogen) atoms. The highest BCUT2D eigenvalue weighted by atomic mass is 16.5. The summed E-state index contributed by atoms with van der Waals surface area (Å²) < 4.78 is 6.06. The fourth-order valence-electron chi connectivity index (χ4n) is 4.82. The maximum Gasteiger partial charge on any atom is 0.242 e. The molecule has 2 amide bonds. The number of rotatable bonds is 7. The van der Waals surface area contributed by atoms with Crippen molar-refractivity contribution in [3.8, 4) is 11.5 Å². The number of carbonyl (C=O) groups excluding carboxylic acids is 2. The fourth-order valence-corrected chi connectivity index (χ4v) is 4.82. The van der Waals surface area contributed by atoms with E-state index in [1.165, 1.54) is 6.92 Å². The minimum absolute atomic E-state index is 0.00511. The Morgan fingerprint density at radius 3 is 2.50 bits per heavy atom. The fraction of sp³-hybridized carbons (Fsp3) is 0.357. The number of aryl methyl sites for hydroxylation is 1. The lowest BCUT2D eigenvalue weighted by Crippen LogP contribution is -2.50. The first-order chi connectivity index (χ1) is 18.4. The third-order valence-electron chi connectivity index (χ3n) is 6.64. The molecule has 1 saturated heterocycles. The number of aromatic nitrogens is 2. The topological polar surface area (TPSA) is 112 Å². The largest absolute Gasteiger partial charge is 0.457 e. The number of nitrogens with zero attached hydrogens (tertiary/aromatic N) is 4. The molecule has 2 aliphatic heterocycles. The van der Waals surface area contributed by atoms with Gasteiger partial charge in [-0.05, 0) is 37.6 Å². The summed E-state index contributed by atoms with van der Waals surface area (Å²) in [6, 6.07) is 15.0. The van der Waals surface area contributed by atoms with Crippen LogP contribution in [0.15, 0.2) is 54.7 Å². The van der Waals surface area contributed by atoms with E-state index in [-0.39, 0.29) is 17.9 Å². The van der Waals surface area contributed by atoms with Crippen LogP contribution in [0.3, 0.4) is 0 Å². The van der Waals surface area contributed by atoms with E-state index in [2.05, 4.69) is 25.8 Å². The molecule has 10 nitrogen and oxygen atoms in total. The van der Waals surface area contributed by atoms with Gasteiger partial charge in [-0.2, -0.15) is 0 Å². The van der Waals surface area contributed by atoms with Gasteiger partial charge in [0.1, 0.15) is 23.1 Å². The summed E-state index contributed by atoms with van der Waals surface area (Å²) in [5.41, 5.74) is 2.56.